The van der Waals surface area contributed by atoms with Crippen molar-refractivity contribution in [2.24, 2.45) is 11.8 Å². The van der Waals surface area contributed by atoms with Crippen LogP contribution in [-0.2, 0) is 4.79 Å². The second kappa shape index (κ2) is 7.84. The minimum atomic E-state index is -0.892. The van der Waals surface area contributed by atoms with Crippen LogP contribution in [0.25, 0.3) is 0 Å². The number of nitrogens with one attached hydrogen (secondary N) is 2. The van der Waals surface area contributed by atoms with Crippen LogP contribution in [0.4, 0.5) is 4.79 Å². The van der Waals surface area contributed by atoms with Gasteiger partial charge in [0.2, 0.25) is 0 Å². The van der Waals surface area contributed by atoms with Crippen LogP contribution in [0.3, 0.4) is 0 Å². The lowest BCUT2D eigenvalue weighted by molar-refractivity contribution is -0.142. The van der Waals surface area contributed by atoms with E-state index in [1.54, 1.807) is 17.5 Å². The Labute approximate surface area is 122 Å². The number of aliphatic carboxylic acids is 1. The van der Waals surface area contributed by atoms with Gasteiger partial charge >= 0.3 is 12.0 Å². The van der Waals surface area contributed by atoms with Crippen molar-refractivity contribution in [3.05, 3.63) is 16.6 Å². The van der Waals surface area contributed by atoms with E-state index >= 15 is 0 Å². The summed E-state index contributed by atoms with van der Waals surface area (Å²) in [5, 5.41) is 17.2. The first-order chi connectivity index (χ1) is 9.41. The largest absolute Gasteiger partial charge is 0.481 e. The lowest BCUT2D eigenvalue weighted by Crippen LogP contribution is -2.42. The number of carbonyl (C=O) groups excluding carboxylic acids is 1. The summed E-state index contributed by atoms with van der Waals surface area (Å²) in [6.45, 7) is 6.22. The molecular weight excluding hydrogens is 278 g/mol. The number of amides is 2. The molecule has 6 nitrogen and oxygen atoms in total. The number of nitrogens with zero attached hydrogens (tertiary/aromatic N) is 1. The Hall–Kier alpha value is -1.63. The van der Waals surface area contributed by atoms with E-state index < -0.39 is 11.9 Å². The standard InChI is InChI=1S/C13H21N3O3S/c1-8(2)10(12(17)18)7-16-13(19)15-6-9(3)11-14-4-5-20-11/h4-5,8-10H,6-7H2,1-3H3,(H,17,18)(H2,15,16,19). The molecule has 0 spiro atoms. The van der Waals surface area contributed by atoms with E-state index in [-0.39, 0.29) is 24.4 Å². The second-order valence-corrected chi connectivity index (χ2v) is 5.98. The quantitative estimate of drug-likeness (QED) is 0.717. The summed E-state index contributed by atoms with van der Waals surface area (Å²) < 4.78 is 0. The summed E-state index contributed by atoms with van der Waals surface area (Å²) in [6.07, 6.45) is 1.73. The molecule has 2 amide bonds. The molecule has 7 heteroatoms. The van der Waals surface area contributed by atoms with Gasteiger partial charge in [-0.3, -0.25) is 4.79 Å². The number of hydrogen-bond acceptors (Lipinski definition) is 4. The SMILES string of the molecule is CC(CNC(=O)NCC(C(=O)O)C(C)C)c1nccs1. The average Bonchev–Trinajstić information content (AvgIpc) is 2.89. The smallest absolute Gasteiger partial charge is 0.314 e. The molecule has 2 atom stereocenters. The van der Waals surface area contributed by atoms with Gasteiger partial charge in [-0.1, -0.05) is 20.8 Å². The maximum absolute atomic E-state index is 11.6. The number of carboxylic acid groups (broad SMARTS) is 1. The fourth-order valence-corrected chi connectivity index (χ4v) is 2.38. The molecule has 0 saturated heterocycles. The maximum atomic E-state index is 11.6. The normalized spacial score (nSPS) is 13.8. The molecule has 0 aliphatic heterocycles. The molecule has 0 saturated carbocycles. The fraction of sp³-hybridized carbons (Fsp3) is 0.615. The van der Waals surface area contributed by atoms with Crippen molar-refractivity contribution >= 4 is 23.3 Å². The molecule has 1 heterocycles. The first-order valence-electron chi connectivity index (χ1n) is 6.55. The Kier molecular flexibility index (Phi) is 6.44. The van der Waals surface area contributed by atoms with Gasteiger partial charge in [-0.25, -0.2) is 9.78 Å². The predicted molar refractivity (Wildman–Crippen MR) is 77.9 cm³/mol. The van der Waals surface area contributed by atoms with E-state index in [2.05, 4.69) is 15.6 Å². The summed E-state index contributed by atoms with van der Waals surface area (Å²) in [5.41, 5.74) is 0. The first-order valence-corrected chi connectivity index (χ1v) is 7.43. The first kappa shape index (κ1) is 16.4. The lowest BCUT2D eigenvalue weighted by atomic mass is 9.96. The Morgan fingerprint density at radius 2 is 1.95 bits per heavy atom. The van der Waals surface area contributed by atoms with Gasteiger partial charge in [0.25, 0.3) is 0 Å². The summed E-state index contributed by atoms with van der Waals surface area (Å²) in [7, 11) is 0. The van der Waals surface area contributed by atoms with E-state index in [0.29, 0.717) is 6.54 Å². The Morgan fingerprint density at radius 1 is 1.30 bits per heavy atom. The minimum Gasteiger partial charge on any atom is -0.481 e. The number of urea groups is 1. The van der Waals surface area contributed by atoms with Crippen molar-refractivity contribution in [3.8, 4) is 0 Å². The number of carbonyl (C=O) groups is 2. The van der Waals surface area contributed by atoms with Gasteiger partial charge in [0.1, 0.15) is 0 Å². The molecule has 0 radical (unpaired) electrons. The summed E-state index contributed by atoms with van der Waals surface area (Å²) >= 11 is 1.55. The van der Waals surface area contributed by atoms with E-state index in [1.165, 1.54) is 0 Å². The number of thiazole rings is 1. The van der Waals surface area contributed by atoms with Crippen LogP contribution in [-0.4, -0.2) is 35.2 Å². The highest BCUT2D eigenvalue weighted by molar-refractivity contribution is 7.09. The molecule has 0 aliphatic carbocycles. The van der Waals surface area contributed by atoms with E-state index in [9.17, 15) is 9.59 Å². The van der Waals surface area contributed by atoms with Gasteiger partial charge in [0.05, 0.1) is 10.9 Å². The number of hydrogen-bond donors (Lipinski definition) is 3. The van der Waals surface area contributed by atoms with Crippen LogP contribution in [0, 0.1) is 11.8 Å². The van der Waals surface area contributed by atoms with Gasteiger partial charge < -0.3 is 15.7 Å². The molecule has 20 heavy (non-hydrogen) atoms. The Bertz CT molecular complexity index is 434. The van der Waals surface area contributed by atoms with Gasteiger partial charge in [-0.2, -0.15) is 0 Å². The molecule has 0 bridgehead atoms. The van der Waals surface area contributed by atoms with Crippen LogP contribution in [0.1, 0.15) is 31.7 Å². The average molecular weight is 299 g/mol. The minimum absolute atomic E-state index is 0.0259. The lowest BCUT2D eigenvalue weighted by Gasteiger charge is -2.17. The van der Waals surface area contributed by atoms with Gasteiger partial charge in [0.15, 0.2) is 0 Å². The van der Waals surface area contributed by atoms with Gasteiger partial charge in [-0.15, -0.1) is 11.3 Å². The summed E-state index contributed by atoms with van der Waals surface area (Å²) in [5.74, 6) is -1.35. The van der Waals surface area contributed by atoms with Crippen molar-refractivity contribution < 1.29 is 14.7 Å². The zero-order valence-corrected chi connectivity index (χ0v) is 12.7. The number of carboxylic acids is 1. The summed E-state index contributed by atoms with van der Waals surface area (Å²) in [4.78, 5) is 26.8. The molecule has 0 aliphatic rings. The molecule has 1 aromatic heterocycles. The molecule has 0 aromatic carbocycles. The third kappa shape index (κ3) is 5.16. The van der Waals surface area contributed by atoms with Crippen LogP contribution in [0.5, 0.6) is 0 Å². The van der Waals surface area contributed by atoms with Crippen LogP contribution < -0.4 is 10.6 Å². The second-order valence-electron chi connectivity index (χ2n) is 5.05. The molecule has 0 fully saturated rings. The number of rotatable bonds is 7. The molecular formula is C13H21N3O3S. The van der Waals surface area contributed by atoms with E-state index in [0.717, 1.165) is 5.01 Å². The monoisotopic (exact) mass is 299 g/mol. The van der Waals surface area contributed by atoms with Gasteiger partial charge in [0, 0.05) is 30.6 Å². The predicted octanol–water partition coefficient (Wildman–Crippen LogP) is 1.90. The van der Waals surface area contributed by atoms with Crippen LogP contribution in [0.2, 0.25) is 0 Å². The van der Waals surface area contributed by atoms with Crippen LogP contribution in [0.15, 0.2) is 11.6 Å². The fourth-order valence-electron chi connectivity index (χ4n) is 1.68. The van der Waals surface area contributed by atoms with E-state index in [1.807, 2.05) is 26.2 Å². The van der Waals surface area contributed by atoms with Crippen molar-refractivity contribution in [2.75, 3.05) is 13.1 Å². The van der Waals surface area contributed by atoms with Crippen molar-refractivity contribution in [1.82, 2.24) is 15.6 Å². The highest BCUT2D eigenvalue weighted by atomic mass is 32.1. The third-order valence-electron chi connectivity index (χ3n) is 3.05. The topological polar surface area (TPSA) is 91.3 Å². The highest BCUT2D eigenvalue weighted by Gasteiger charge is 2.22. The van der Waals surface area contributed by atoms with E-state index in [4.69, 9.17) is 5.11 Å². The van der Waals surface area contributed by atoms with Gasteiger partial charge in [-0.05, 0) is 5.92 Å². The van der Waals surface area contributed by atoms with Crippen molar-refractivity contribution in [1.29, 1.82) is 0 Å². The van der Waals surface area contributed by atoms with Crippen LogP contribution >= 0.6 is 11.3 Å². The highest BCUT2D eigenvalue weighted by Crippen LogP contribution is 2.16. The molecule has 112 valence electrons. The molecule has 3 N–H and O–H groups in total. The third-order valence-corrected chi connectivity index (χ3v) is 4.05. The molecule has 1 aromatic rings. The zero-order chi connectivity index (χ0) is 15.1. The Balaban J connectivity index is 2.31. The number of aromatic nitrogens is 1. The summed E-state index contributed by atoms with van der Waals surface area (Å²) in [6, 6.07) is -0.347. The molecule has 1 rings (SSSR count). The maximum Gasteiger partial charge on any atom is 0.314 e. The molecule has 2 unspecified atom stereocenters. The van der Waals surface area contributed by atoms with Crippen molar-refractivity contribution in [3.63, 3.8) is 0 Å². The zero-order valence-electron chi connectivity index (χ0n) is 11.9. The van der Waals surface area contributed by atoms with Crippen molar-refractivity contribution in [2.45, 2.75) is 26.7 Å². The Morgan fingerprint density at radius 3 is 2.45 bits per heavy atom.